The Bertz CT molecular complexity index is 604. The minimum absolute atomic E-state index is 0. The number of hydrogen-bond acceptors (Lipinski definition) is 4. The first kappa shape index (κ1) is 22.5. The fourth-order valence-corrected chi connectivity index (χ4v) is 2.84. The van der Waals surface area contributed by atoms with Gasteiger partial charge in [-0.05, 0) is 32.3 Å². The van der Waals surface area contributed by atoms with Gasteiger partial charge in [0.15, 0.2) is 5.96 Å². The molecule has 0 aromatic heterocycles. The molecule has 0 aliphatic carbocycles. The number of carbonyl (C=O) groups is 1. The van der Waals surface area contributed by atoms with Gasteiger partial charge in [0.1, 0.15) is 0 Å². The van der Waals surface area contributed by atoms with Gasteiger partial charge >= 0.3 is 6.09 Å². The summed E-state index contributed by atoms with van der Waals surface area (Å²) < 4.78 is 5.00. The third kappa shape index (κ3) is 6.99. The van der Waals surface area contributed by atoms with E-state index >= 15 is 0 Å². The van der Waals surface area contributed by atoms with Crippen LogP contribution in [0.15, 0.2) is 29.3 Å². The molecule has 1 unspecified atom stereocenters. The number of amides is 1. The van der Waals surface area contributed by atoms with E-state index in [2.05, 4.69) is 10.3 Å². The van der Waals surface area contributed by atoms with Crippen molar-refractivity contribution in [3.63, 3.8) is 0 Å². The van der Waals surface area contributed by atoms with Crippen LogP contribution in [0.4, 0.5) is 4.79 Å². The molecule has 1 aliphatic heterocycles. The fourth-order valence-electron chi connectivity index (χ4n) is 2.84. The molecular formula is C18H29IN4O3. The minimum Gasteiger partial charge on any atom is -0.450 e. The molecule has 8 heteroatoms. The highest BCUT2D eigenvalue weighted by atomic mass is 127. The predicted molar refractivity (Wildman–Crippen MR) is 113 cm³/mol. The molecule has 1 amide bonds. The molecule has 1 saturated heterocycles. The first-order chi connectivity index (χ1) is 12.0. The van der Waals surface area contributed by atoms with E-state index in [0.717, 1.165) is 24.0 Å². The molecule has 0 spiro atoms. The number of hydrogen-bond donors (Lipinski definition) is 3. The second kappa shape index (κ2) is 11.2. The SMILES string of the molecule is CCOC(=O)N1CCC(NC(N)=NCC(O)c2cccc(C)c2)CC1.I. The van der Waals surface area contributed by atoms with E-state index < -0.39 is 6.10 Å². The Morgan fingerprint density at radius 1 is 1.46 bits per heavy atom. The Labute approximate surface area is 172 Å². The number of guanidine groups is 1. The van der Waals surface area contributed by atoms with Crippen molar-refractivity contribution in [3.8, 4) is 0 Å². The van der Waals surface area contributed by atoms with Gasteiger partial charge in [-0.25, -0.2) is 4.79 Å². The molecule has 1 aromatic rings. The quantitative estimate of drug-likeness (QED) is 0.344. The highest BCUT2D eigenvalue weighted by molar-refractivity contribution is 14.0. The third-order valence-electron chi connectivity index (χ3n) is 4.23. The monoisotopic (exact) mass is 476 g/mol. The molecule has 2 rings (SSSR count). The molecule has 1 heterocycles. The molecule has 0 radical (unpaired) electrons. The van der Waals surface area contributed by atoms with Gasteiger partial charge in [-0.2, -0.15) is 0 Å². The summed E-state index contributed by atoms with van der Waals surface area (Å²) in [5.41, 5.74) is 7.86. The maximum Gasteiger partial charge on any atom is 0.409 e. The summed E-state index contributed by atoms with van der Waals surface area (Å²) in [4.78, 5) is 17.6. The molecule has 1 atom stereocenters. The van der Waals surface area contributed by atoms with Crippen molar-refractivity contribution in [3.05, 3.63) is 35.4 Å². The lowest BCUT2D eigenvalue weighted by Gasteiger charge is -2.31. The van der Waals surface area contributed by atoms with Crippen LogP contribution >= 0.6 is 24.0 Å². The molecule has 4 N–H and O–H groups in total. The second-order valence-corrected chi connectivity index (χ2v) is 6.26. The van der Waals surface area contributed by atoms with Crippen LogP contribution < -0.4 is 11.1 Å². The maximum absolute atomic E-state index is 11.7. The van der Waals surface area contributed by atoms with Gasteiger partial charge in [0.25, 0.3) is 0 Å². The predicted octanol–water partition coefficient (Wildman–Crippen LogP) is 2.17. The largest absolute Gasteiger partial charge is 0.450 e. The lowest BCUT2D eigenvalue weighted by molar-refractivity contribution is 0.0963. The van der Waals surface area contributed by atoms with E-state index in [4.69, 9.17) is 10.5 Å². The number of aryl methyl sites for hydroxylation is 1. The van der Waals surface area contributed by atoms with Gasteiger partial charge in [-0.15, -0.1) is 24.0 Å². The number of likely N-dealkylation sites (tertiary alicyclic amines) is 1. The van der Waals surface area contributed by atoms with Crippen LogP contribution in [0.2, 0.25) is 0 Å². The Balaban J connectivity index is 0.00000338. The van der Waals surface area contributed by atoms with Crippen LogP contribution in [0.25, 0.3) is 0 Å². The lowest BCUT2D eigenvalue weighted by atomic mass is 10.1. The van der Waals surface area contributed by atoms with Gasteiger partial charge in [0, 0.05) is 19.1 Å². The van der Waals surface area contributed by atoms with Crippen LogP contribution in [-0.2, 0) is 4.74 Å². The zero-order valence-corrected chi connectivity index (χ0v) is 17.7. The van der Waals surface area contributed by atoms with Crippen LogP contribution in [-0.4, -0.2) is 54.3 Å². The topological polar surface area (TPSA) is 100 Å². The number of benzene rings is 1. The molecule has 146 valence electrons. The van der Waals surface area contributed by atoms with E-state index in [0.29, 0.717) is 25.7 Å². The Morgan fingerprint density at radius 2 is 2.15 bits per heavy atom. The van der Waals surface area contributed by atoms with Gasteiger partial charge in [0.2, 0.25) is 0 Å². The van der Waals surface area contributed by atoms with Crippen molar-refractivity contribution >= 4 is 36.0 Å². The number of aliphatic imine (C=N–C) groups is 1. The summed E-state index contributed by atoms with van der Waals surface area (Å²) in [5, 5.41) is 13.4. The molecule has 0 bridgehead atoms. The average molecular weight is 476 g/mol. The summed E-state index contributed by atoms with van der Waals surface area (Å²) in [6, 6.07) is 7.89. The number of nitrogens with one attached hydrogen (secondary N) is 1. The molecule has 1 aromatic carbocycles. The number of carbonyl (C=O) groups excluding carboxylic acids is 1. The molecular weight excluding hydrogens is 447 g/mol. The van der Waals surface area contributed by atoms with E-state index in [1.807, 2.05) is 31.2 Å². The number of aliphatic hydroxyl groups is 1. The Morgan fingerprint density at radius 3 is 2.77 bits per heavy atom. The van der Waals surface area contributed by atoms with Crippen LogP contribution in [0.1, 0.15) is 37.0 Å². The second-order valence-electron chi connectivity index (χ2n) is 6.26. The molecule has 1 fully saturated rings. The van der Waals surface area contributed by atoms with Crippen molar-refractivity contribution in [2.75, 3.05) is 26.2 Å². The van der Waals surface area contributed by atoms with Gasteiger partial charge < -0.3 is 25.8 Å². The minimum atomic E-state index is -0.675. The number of ether oxygens (including phenoxy) is 1. The maximum atomic E-state index is 11.7. The average Bonchev–Trinajstić information content (AvgIpc) is 2.60. The number of nitrogens with zero attached hydrogens (tertiary/aromatic N) is 2. The Hall–Kier alpha value is -1.55. The van der Waals surface area contributed by atoms with Crippen LogP contribution in [0, 0.1) is 6.92 Å². The standard InChI is InChI=1S/C18H28N4O3.HI/c1-3-25-18(24)22-9-7-15(8-10-22)21-17(19)20-12-16(23)14-6-4-5-13(2)11-14;/h4-6,11,15-16,23H,3,7-10,12H2,1-2H3,(H3,19,20,21);1H. The lowest BCUT2D eigenvalue weighted by Crippen LogP contribution is -2.48. The van der Waals surface area contributed by atoms with Gasteiger partial charge in [-0.1, -0.05) is 29.8 Å². The summed E-state index contributed by atoms with van der Waals surface area (Å²) in [5.74, 6) is 0.321. The molecule has 0 saturated carbocycles. The highest BCUT2D eigenvalue weighted by Crippen LogP contribution is 2.15. The van der Waals surface area contributed by atoms with Crippen molar-refractivity contribution in [1.29, 1.82) is 0 Å². The zero-order chi connectivity index (χ0) is 18.2. The number of piperidine rings is 1. The summed E-state index contributed by atoms with van der Waals surface area (Å²) in [7, 11) is 0. The van der Waals surface area contributed by atoms with E-state index in [1.165, 1.54) is 0 Å². The highest BCUT2D eigenvalue weighted by Gasteiger charge is 2.23. The number of nitrogens with two attached hydrogens (primary N) is 1. The smallest absolute Gasteiger partial charge is 0.409 e. The van der Waals surface area contributed by atoms with Crippen LogP contribution in [0.3, 0.4) is 0 Å². The first-order valence-corrected chi connectivity index (χ1v) is 8.72. The number of rotatable bonds is 5. The summed E-state index contributed by atoms with van der Waals surface area (Å²) in [6.45, 7) is 5.65. The van der Waals surface area contributed by atoms with Gasteiger partial charge in [0.05, 0.1) is 19.3 Å². The normalized spacial score (nSPS) is 16.6. The summed E-state index contributed by atoms with van der Waals surface area (Å²) in [6.07, 6.45) is 0.639. The first-order valence-electron chi connectivity index (χ1n) is 8.72. The van der Waals surface area contributed by atoms with Crippen molar-refractivity contribution in [2.24, 2.45) is 10.7 Å². The molecule has 7 nitrogen and oxygen atoms in total. The summed E-state index contributed by atoms with van der Waals surface area (Å²) >= 11 is 0. The fraction of sp³-hybridized carbons (Fsp3) is 0.556. The van der Waals surface area contributed by atoms with Crippen molar-refractivity contribution in [2.45, 2.75) is 38.8 Å². The molecule has 1 aliphatic rings. The van der Waals surface area contributed by atoms with Gasteiger partial charge in [-0.3, -0.25) is 4.99 Å². The number of halogens is 1. The Kier molecular flexibility index (Phi) is 9.71. The van der Waals surface area contributed by atoms with E-state index in [-0.39, 0.29) is 42.7 Å². The van der Waals surface area contributed by atoms with Crippen LogP contribution in [0.5, 0.6) is 0 Å². The van der Waals surface area contributed by atoms with E-state index in [9.17, 15) is 9.90 Å². The number of aliphatic hydroxyl groups excluding tert-OH is 1. The molecule has 26 heavy (non-hydrogen) atoms. The van der Waals surface area contributed by atoms with Crippen molar-refractivity contribution < 1.29 is 14.6 Å². The third-order valence-corrected chi connectivity index (χ3v) is 4.23. The van der Waals surface area contributed by atoms with Crippen molar-refractivity contribution in [1.82, 2.24) is 10.2 Å². The van der Waals surface area contributed by atoms with E-state index in [1.54, 1.807) is 11.8 Å². The zero-order valence-electron chi connectivity index (χ0n) is 15.4.